The van der Waals surface area contributed by atoms with Gasteiger partial charge in [-0.3, -0.25) is 13.9 Å². The molecule has 2 aliphatic heterocycles. The first kappa shape index (κ1) is 26.5. The number of benzene rings is 1. The SMILES string of the molecule is CC(C)OC(=O)[C@@H](C)N[P@@](=O)(OC[C@@]12CO[C@@H](C(n3cnc4c(N)ncnc43)O1)[C@@H]2O)Oc1ccccc1. The number of nitrogen functional groups attached to an aromatic ring is 1. The normalized spacial score (nSPS) is 26.9. The predicted molar refractivity (Wildman–Crippen MR) is 133 cm³/mol. The van der Waals surface area contributed by atoms with Gasteiger partial charge in [0.25, 0.3) is 0 Å². The third-order valence-electron chi connectivity index (χ3n) is 6.17. The number of esters is 1. The van der Waals surface area contributed by atoms with Gasteiger partial charge >= 0.3 is 13.7 Å². The van der Waals surface area contributed by atoms with Crippen LogP contribution < -0.4 is 15.3 Å². The summed E-state index contributed by atoms with van der Waals surface area (Å²) in [5.41, 5.74) is 5.29. The van der Waals surface area contributed by atoms with Gasteiger partial charge in [0.05, 0.1) is 25.6 Å². The molecule has 2 aliphatic rings. The number of carbonyl (C=O) groups excluding carboxylic acids is 1. The van der Waals surface area contributed by atoms with Gasteiger partial charge in [0.1, 0.15) is 41.4 Å². The molecule has 0 saturated carbocycles. The Kier molecular flexibility index (Phi) is 7.11. The Morgan fingerprint density at radius 1 is 1.29 bits per heavy atom. The lowest BCUT2D eigenvalue weighted by Crippen LogP contribution is -2.46. The lowest BCUT2D eigenvalue weighted by molar-refractivity contribution is -0.183. The zero-order valence-corrected chi connectivity index (χ0v) is 21.9. The number of aliphatic hydroxyl groups excluding tert-OH is 1. The van der Waals surface area contributed by atoms with Crippen LogP contribution in [0.5, 0.6) is 5.75 Å². The van der Waals surface area contributed by atoms with Crippen LogP contribution in [0.1, 0.15) is 27.0 Å². The molecule has 0 radical (unpaired) electrons. The Morgan fingerprint density at radius 2 is 2.05 bits per heavy atom. The summed E-state index contributed by atoms with van der Waals surface area (Å²) in [5, 5.41) is 13.7. The number of imidazole rings is 1. The number of ether oxygens (including phenoxy) is 3. The number of nitrogens with one attached hydrogen (secondary N) is 1. The summed E-state index contributed by atoms with van der Waals surface area (Å²) < 4.78 is 44.2. The number of nitrogens with two attached hydrogens (primary N) is 1. The molecule has 6 atom stereocenters. The number of carbonyl (C=O) groups is 1. The van der Waals surface area contributed by atoms with Crippen molar-refractivity contribution in [2.24, 2.45) is 0 Å². The Balaban J connectivity index is 1.36. The predicted octanol–water partition coefficient (Wildman–Crippen LogP) is 1.57. The first-order valence-electron chi connectivity index (χ1n) is 12.0. The second kappa shape index (κ2) is 10.2. The van der Waals surface area contributed by atoms with Crippen LogP contribution in [0, 0.1) is 0 Å². The molecule has 4 N–H and O–H groups in total. The fraction of sp³-hybridized carbons (Fsp3) is 0.478. The maximum Gasteiger partial charge on any atom is 0.459 e. The summed E-state index contributed by atoms with van der Waals surface area (Å²) >= 11 is 0. The number of para-hydroxylation sites is 1. The molecule has 204 valence electrons. The van der Waals surface area contributed by atoms with Crippen molar-refractivity contribution >= 4 is 30.7 Å². The fourth-order valence-electron chi connectivity index (χ4n) is 4.32. The van der Waals surface area contributed by atoms with E-state index < -0.39 is 43.8 Å². The molecule has 2 fully saturated rings. The fourth-order valence-corrected chi connectivity index (χ4v) is 5.87. The molecule has 2 saturated heterocycles. The number of hydrogen-bond acceptors (Lipinski definition) is 12. The maximum absolute atomic E-state index is 13.9. The second-order valence-electron chi connectivity index (χ2n) is 9.39. The van der Waals surface area contributed by atoms with Gasteiger partial charge in [-0.25, -0.2) is 19.5 Å². The number of rotatable bonds is 10. The van der Waals surface area contributed by atoms with E-state index >= 15 is 0 Å². The summed E-state index contributed by atoms with van der Waals surface area (Å²) in [6.07, 6.45) is -0.338. The molecule has 0 amide bonds. The monoisotopic (exact) mass is 548 g/mol. The Morgan fingerprint density at radius 3 is 2.79 bits per heavy atom. The van der Waals surface area contributed by atoms with E-state index in [0.717, 1.165) is 0 Å². The molecule has 0 spiro atoms. The first-order valence-corrected chi connectivity index (χ1v) is 13.5. The van der Waals surface area contributed by atoms with Gasteiger partial charge in [0.2, 0.25) is 0 Å². The highest BCUT2D eigenvalue weighted by molar-refractivity contribution is 7.52. The molecule has 3 aromatic rings. The highest BCUT2D eigenvalue weighted by atomic mass is 31.2. The van der Waals surface area contributed by atoms with Crippen LogP contribution in [0.25, 0.3) is 11.2 Å². The van der Waals surface area contributed by atoms with Crippen molar-refractivity contribution in [2.45, 2.75) is 57.0 Å². The molecule has 1 unspecified atom stereocenters. The molecule has 4 heterocycles. The van der Waals surface area contributed by atoms with Crippen molar-refractivity contribution in [2.75, 3.05) is 18.9 Å². The quantitative estimate of drug-likeness (QED) is 0.245. The number of aromatic nitrogens is 4. The molecule has 1 aromatic carbocycles. The molecule has 2 bridgehead atoms. The van der Waals surface area contributed by atoms with Crippen molar-refractivity contribution in [3.63, 3.8) is 0 Å². The van der Waals surface area contributed by atoms with Crippen LogP contribution in [-0.4, -0.2) is 73.8 Å². The molecular weight excluding hydrogens is 519 g/mol. The number of hydrogen-bond donors (Lipinski definition) is 3. The van der Waals surface area contributed by atoms with Gasteiger partial charge in [-0.1, -0.05) is 18.2 Å². The van der Waals surface area contributed by atoms with E-state index in [1.54, 1.807) is 48.7 Å². The summed E-state index contributed by atoms with van der Waals surface area (Å²) in [6.45, 7) is 4.48. The molecule has 38 heavy (non-hydrogen) atoms. The molecule has 2 aromatic heterocycles. The van der Waals surface area contributed by atoms with Crippen LogP contribution in [-0.2, 0) is 28.1 Å². The largest absolute Gasteiger partial charge is 0.462 e. The zero-order chi connectivity index (χ0) is 27.1. The summed E-state index contributed by atoms with van der Waals surface area (Å²) in [7, 11) is -4.19. The average Bonchev–Trinajstić information content (AvgIpc) is 3.53. The van der Waals surface area contributed by atoms with Crippen LogP contribution in [0.3, 0.4) is 0 Å². The van der Waals surface area contributed by atoms with Crippen molar-refractivity contribution in [3.05, 3.63) is 43.0 Å². The summed E-state index contributed by atoms with van der Waals surface area (Å²) in [6, 6.07) is 7.33. The van der Waals surface area contributed by atoms with E-state index in [9.17, 15) is 14.5 Å². The topological polar surface area (TPSA) is 182 Å². The van der Waals surface area contributed by atoms with Gasteiger partial charge < -0.3 is 29.6 Å². The number of anilines is 1. The maximum atomic E-state index is 13.9. The second-order valence-corrected chi connectivity index (χ2v) is 11.1. The smallest absolute Gasteiger partial charge is 0.459 e. The highest BCUT2D eigenvalue weighted by Crippen LogP contribution is 2.50. The Bertz CT molecular complexity index is 1360. The minimum Gasteiger partial charge on any atom is -0.462 e. The highest BCUT2D eigenvalue weighted by Gasteiger charge is 2.63. The molecule has 15 heteroatoms. The molecular formula is C23H29N6O8P. The summed E-state index contributed by atoms with van der Waals surface area (Å²) in [4.78, 5) is 24.8. The van der Waals surface area contributed by atoms with E-state index in [2.05, 4.69) is 20.0 Å². The van der Waals surface area contributed by atoms with Crippen molar-refractivity contribution in [1.82, 2.24) is 24.6 Å². The van der Waals surface area contributed by atoms with E-state index in [-0.39, 0.29) is 30.9 Å². The first-order chi connectivity index (χ1) is 18.1. The Labute approximate surface area is 218 Å². The minimum absolute atomic E-state index is 0.0324. The molecule has 0 aliphatic carbocycles. The van der Waals surface area contributed by atoms with Crippen LogP contribution in [0.15, 0.2) is 43.0 Å². The number of nitrogens with zero attached hydrogens (tertiary/aromatic N) is 4. The molecule has 14 nitrogen and oxygen atoms in total. The van der Waals surface area contributed by atoms with Crippen LogP contribution in [0.2, 0.25) is 0 Å². The van der Waals surface area contributed by atoms with Gasteiger partial charge in [-0.05, 0) is 32.9 Å². The van der Waals surface area contributed by atoms with E-state index in [0.29, 0.717) is 11.2 Å². The number of fused-ring (bicyclic) bond motifs is 3. The van der Waals surface area contributed by atoms with Crippen LogP contribution in [0.4, 0.5) is 5.82 Å². The zero-order valence-electron chi connectivity index (χ0n) is 21.0. The molecule has 5 rings (SSSR count). The van der Waals surface area contributed by atoms with E-state index in [1.165, 1.54) is 19.6 Å². The van der Waals surface area contributed by atoms with Crippen molar-refractivity contribution in [1.29, 1.82) is 0 Å². The Hall–Kier alpha value is -3.13. The van der Waals surface area contributed by atoms with Crippen molar-refractivity contribution < 1.29 is 37.7 Å². The van der Waals surface area contributed by atoms with Gasteiger partial charge in [0.15, 0.2) is 17.7 Å². The van der Waals surface area contributed by atoms with Gasteiger partial charge in [-0.15, -0.1) is 0 Å². The van der Waals surface area contributed by atoms with Gasteiger partial charge in [-0.2, -0.15) is 5.09 Å². The van der Waals surface area contributed by atoms with Gasteiger partial charge in [0, 0.05) is 0 Å². The lowest BCUT2D eigenvalue weighted by atomic mass is 10.0. The minimum atomic E-state index is -4.19. The number of aliphatic hydroxyl groups is 1. The van der Waals surface area contributed by atoms with E-state index in [1.807, 2.05) is 0 Å². The van der Waals surface area contributed by atoms with Crippen molar-refractivity contribution in [3.8, 4) is 5.75 Å². The third kappa shape index (κ3) is 4.98. The standard InChI is InChI=1S/C23H29N6O8P/c1-13(2)35-22(31)14(3)28-38(32,37-15-7-5-4-6-8-15)34-10-23-9-33-17(18(23)30)21(36-23)29-12-27-16-19(24)25-11-26-20(16)29/h4-8,11-14,17-18,21,30H,9-10H2,1-3H3,(H,28,32)(H2,24,25,26)/t14-,17-,18+,21?,23-,38-/m1/s1. The van der Waals surface area contributed by atoms with E-state index in [4.69, 9.17) is 29.0 Å². The summed E-state index contributed by atoms with van der Waals surface area (Å²) in [5.74, 6) is -0.182. The average molecular weight is 548 g/mol. The third-order valence-corrected chi connectivity index (χ3v) is 7.80. The lowest BCUT2D eigenvalue weighted by Gasteiger charge is -2.32. The van der Waals surface area contributed by atoms with Crippen LogP contribution >= 0.6 is 7.75 Å².